The van der Waals surface area contributed by atoms with Gasteiger partial charge in [0.05, 0.1) is 0 Å². The Kier molecular flexibility index (Phi) is 5.71. The van der Waals surface area contributed by atoms with Crippen molar-refractivity contribution in [2.45, 2.75) is 6.42 Å². The Bertz CT molecular complexity index is 271. The number of ketones is 1. The molecule has 1 aromatic rings. The van der Waals surface area contributed by atoms with Crippen LogP contribution in [0, 0.1) is 0 Å². The summed E-state index contributed by atoms with van der Waals surface area (Å²) in [4.78, 5) is 11.2. The van der Waals surface area contributed by atoms with Crippen LogP contribution in [0.3, 0.4) is 0 Å². The summed E-state index contributed by atoms with van der Waals surface area (Å²) in [5.41, 5.74) is 5.92. The number of rotatable bonds is 3. The highest BCUT2D eigenvalue weighted by Crippen LogP contribution is 2.10. The van der Waals surface area contributed by atoms with Gasteiger partial charge in [0.15, 0.2) is 5.78 Å². The maximum Gasteiger partial charge on any atom is 0.164 e. The fourth-order valence-electron chi connectivity index (χ4n) is 0.911. The Morgan fingerprint density at radius 1 is 1.31 bits per heavy atom. The maximum absolute atomic E-state index is 11.2. The molecule has 0 aliphatic rings. The predicted octanol–water partition coefficient (Wildman–Crippen LogP) is 2.29. The largest absolute Gasteiger partial charge is 0.330 e. The standard InChI is InChI=1S/C9H10ClNO.ClH/c10-8-3-1-7(2-4-8)9(12)5-6-11;/h1-4H,5-6,11H2;1H. The minimum Gasteiger partial charge on any atom is -0.330 e. The fourth-order valence-corrected chi connectivity index (χ4v) is 1.04. The van der Waals surface area contributed by atoms with Gasteiger partial charge in [-0.1, -0.05) is 11.6 Å². The molecular weight excluding hydrogens is 209 g/mol. The second-order valence-corrected chi connectivity index (χ2v) is 2.91. The van der Waals surface area contributed by atoms with Crippen molar-refractivity contribution in [2.24, 2.45) is 5.73 Å². The first-order valence-corrected chi connectivity index (χ1v) is 4.10. The summed E-state index contributed by atoms with van der Waals surface area (Å²) in [6.45, 7) is 0.390. The van der Waals surface area contributed by atoms with E-state index in [1.165, 1.54) is 0 Å². The SMILES string of the molecule is Cl.NCCC(=O)c1ccc(Cl)cc1. The first-order valence-electron chi connectivity index (χ1n) is 3.73. The lowest BCUT2D eigenvalue weighted by Gasteiger charge is -1.97. The van der Waals surface area contributed by atoms with Gasteiger partial charge >= 0.3 is 0 Å². The third-order valence-corrected chi connectivity index (χ3v) is 1.79. The minimum absolute atomic E-state index is 0. The molecule has 0 bridgehead atoms. The number of hydrogen-bond donors (Lipinski definition) is 1. The van der Waals surface area contributed by atoms with Gasteiger partial charge < -0.3 is 5.73 Å². The van der Waals surface area contributed by atoms with Crippen molar-refractivity contribution in [3.63, 3.8) is 0 Å². The van der Waals surface area contributed by atoms with Gasteiger partial charge in [-0.2, -0.15) is 0 Å². The van der Waals surface area contributed by atoms with Gasteiger partial charge in [0.1, 0.15) is 0 Å². The molecule has 2 N–H and O–H groups in total. The smallest absolute Gasteiger partial charge is 0.164 e. The molecule has 0 spiro atoms. The molecule has 4 heteroatoms. The molecular formula is C9H11Cl2NO. The first-order chi connectivity index (χ1) is 5.74. The van der Waals surface area contributed by atoms with E-state index in [0.29, 0.717) is 23.6 Å². The Morgan fingerprint density at radius 2 is 1.85 bits per heavy atom. The molecule has 0 atom stereocenters. The third-order valence-electron chi connectivity index (χ3n) is 1.54. The lowest BCUT2D eigenvalue weighted by molar-refractivity contribution is 0.0985. The summed E-state index contributed by atoms with van der Waals surface area (Å²) >= 11 is 5.66. The Morgan fingerprint density at radius 3 is 2.31 bits per heavy atom. The van der Waals surface area contributed by atoms with E-state index in [9.17, 15) is 4.79 Å². The molecule has 0 saturated carbocycles. The van der Waals surface area contributed by atoms with Crippen molar-refractivity contribution in [3.8, 4) is 0 Å². The molecule has 0 radical (unpaired) electrons. The Labute approximate surface area is 88.5 Å². The zero-order chi connectivity index (χ0) is 8.97. The highest BCUT2D eigenvalue weighted by molar-refractivity contribution is 6.30. The second-order valence-electron chi connectivity index (χ2n) is 2.47. The number of hydrogen-bond acceptors (Lipinski definition) is 2. The van der Waals surface area contributed by atoms with Crippen LogP contribution in [0.1, 0.15) is 16.8 Å². The first kappa shape index (κ1) is 12.4. The minimum atomic E-state index is 0. The van der Waals surface area contributed by atoms with Crippen LogP contribution >= 0.6 is 24.0 Å². The van der Waals surface area contributed by atoms with E-state index in [1.807, 2.05) is 0 Å². The molecule has 1 rings (SSSR count). The maximum atomic E-state index is 11.2. The molecule has 0 heterocycles. The number of Topliss-reactive ketones (excluding diaryl/α,β-unsaturated/α-hetero) is 1. The zero-order valence-electron chi connectivity index (χ0n) is 7.00. The van der Waals surface area contributed by atoms with Crippen LogP contribution < -0.4 is 5.73 Å². The van der Waals surface area contributed by atoms with E-state index in [1.54, 1.807) is 24.3 Å². The van der Waals surface area contributed by atoms with Gasteiger partial charge in [0, 0.05) is 17.0 Å². The molecule has 13 heavy (non-hydrogen) atoms. The lowest BCUT2D eigenvalue weighted by Crippen LogP contribution is -2.07. The zero-order valence-corrected chi connectivity index (χ0v) is 8.57. The number of carbonyl (C=O) groups excluding carboxylic acids is 1. The van der Waals surface area contributed by atoms with E-state index in [-0.39, 0.29) is 18.2 Å². The van der Waals surface area contributed by atoms with E-state index in [2.05, 4.69) is 0 Å². The lowest BCUT2D eigenvalue weighted by atomic mass is 10.1. The molecule has 0 aliphatic carbocycles. The summed E-state index contributed by atoms with van der Waals surface area (Å²) in [6, 6.07) is 6.82. The molecule has 0 unspecified atom stereocenters. The molecule has 0 amide bonds. The number of benzene rings is 1. The van der Waals surface area contributed by atoms with E-state index in [0.717, 1.165) is 0 Å². The monoisotopic (exact) mass is 219 g/mol. The van der Waals surface area contributed by atoms with Crippen molar-refractivity contribution < 1.29 is 4.79 Å². The van der Waals surface area contributed by atoms with Gasteiger partial charge in [0.25, 0.3) is 0 Å². The Balaban J connectivity index is 0.00000144. The quantitative estimate of drug-likeness (QED) is 0.794. The number of carbonyl (C=O) groups is 1. The van der Waals surface area contributed by atoms with Crippen LogP contribution in [0.5, 0.6) is 0 Å². The molecule has 2 nitrogen and oxygen atoms in total. The number of halogens is 2. The highest BCUT2D eigenvalue weighted by atomic mass is 35.5. The summed E-state index contributed by atoms with van der Waals surface area (Å²) in [7, 11) is 0. The van der Waals surface area contributed by atoms with Crippen LogP contribution in [-0.2, 0) is 0 Å². The molecule has 1 aromatic carbocycles. The van der Waals surface area contributed by atoms with Crippen LogP contribution in [0.25, 0.3) is 0 Å². The molecule has 0 aromatic heterocycles. The van der Waals surface area contributed by atoms with Gasteiger partial charge in [-0.05, 0) is 30.8 Å². The van der Waals surface area contributed by atoms with Gasteiger partial charge in [-0.25, -0.2) is 0 Å². The van der Waals surface area contributed by atoms with Crippen LogP contribution in [-0.4, -0.2) is 12.3 Å². The normalized spacial score (nSPS) is 9.08. The van der Waals surface area contributed by atoms with Crippen molar-refractivity contribution >= 4 is 29.8 Å². The molecule has 0 aliphatic heterocycles. The highest BCUT2D eigenvalue weighted by Gasteiger charge is 2.02. The molecule has 72 valence electrons. The van der Waals surface area contributed by atoms with Gasteiger partial charge in [-0.3, -0.25) is 4.79 Å². The predicted molar refractivity (Wildman–Crippen MR) is 56.7 cm³/mol. The van der Waals surface area contributed by atoms with Crippen LogP contribution in [0.2, 0.25) is 5.02 Å². The third kappa shape index (κ3) is 3.77. The Hall–Kier alpha value is -0.570. The van der Waals surface area contributed by atoms with Crippen molar-refractivity contribution in [1.29, 1.82) is 0 Å². The second kappa shape index (κ2) is 5.97. The molecule has 0 fully saturated rings. The summed E-state index contributed by atoms with van der Waals surface area (Å²) in [5.74, 6) is 0.0640. The van der Waals surface area contributed by atoms with Crippen molar-refractivity contribution in [2.75, 3.05) is 6.54 Å². The van der Waals surface area contributed by atoms with Gasteiger partial charge in [0.2, 0.25) is 0 Å². The average molecular weight is 220 g/mol. The van der Waals surface area contributed by atoms with Crippen molar-refractivity contribution in [1.82, 2.24) is 0 Å². The topological polar surface area (TPSA) is 43.1 Å². The summed E-state index contributed by atoms with van der Waals surface area (Å²) < 4.78 is 0. The summed E-state index contributed by atoms with van der Waals surface area (Å²) in [6.07, 6.45) is 0.391. The fraction of sp³-hybridized carbons (Fsp3) is 0.222. The number of nitrogens with two attached hydrogens (primary N) is 1. The summed E-state index contributed by atoms with van der Waals surface area (Å²) in [5, 5.41) is 0.638. The van der Waals surface area contributed by atoms with E-state index < -0.39 is 0 Å². The average Bonchev–Trinajstić information content (AvgIpc) is 2.06. The van der Waals surface area contributed by atoms with Crippen molar-refractivity contribution in [3.05, 3.63) is 34.9 Å². The van der Waals surface area contributed by atoms with Crippen LogP contribution in [0.15, 0.2) is 24.3 Å². The van der Waals surface area contributed by atoms with Crippen LogP contribution in [0.4, 0.5) is 0 Å². The van der Waals surface area contributed by atoms with E-state index >= 15 is 0 Å². The van der Waals surface area contributed by atoms with E-state index in [4.69, 9.17) is 17.3 Å². The van der Waals surface area contributed by atoms with Gasteiger partial charge in [-0.15, -0.1) is 12.4 Å². The molecule has 0 saturated heterocycles.